The number of thioether (sulfide) groups is 1. The summed E-state index contributed by atoms with van der Waals surface area (Å²) in [5.74, 6) is 2.89. The fourth-order valence-electron chi connectivity index (χ4n) is 2.46. The van der Waals surface area contributed by atoms with E-state index < -0.39 is 0 Å². The molecular formula is C16H25NOS. The van der Waals surface area contributed by atoms with Crippen molar-refractivity contribution in [3.05, 3.63) is 35.4 Å². The second-order valence-corrected chi connectivity index (χ2v) is 6.47. The minimum absolute atomic E-state index is 0.428. The number of hydrogen-bond acceptors (Lipinski definition) is 3. The van der Waals surface area contributed by atoms with Gasteiger partial charge in [-0.3, -0.25) is 0 Å². The molecule has 1 aromatic carbocycles. The standard InChI is InChI=1S/C16H25NOS/c1-4-18-9-15(12(2)3)17-16-11-19-10-13-7-5-6-8-14(13)16/h5-8,12,15-17H,4,9-11H2,1-3H3. The van der Waals surface area contributed by atoms with Crippen LogP contribution in [0, 0.1) is 5.92 Å². The van der Waals surface area contributed by atoms with E-state index in [0.29, 0.717) is 18.0 Å². The summed E-state index contributed by atoms with van der Waals surface area (Å²) in [6.07, 6.45) is 0. The van der Waals surface area contributed by atoms with Crippen molar-refractivity contribution >= 4 is 11.8 Å². The van der Waals surface area contributed by atoms with Gasteiger partial charge < -0.3 is 10.1 Å². The highest BCUT2D eigenvalue weighted by Crippen LogP contribution is 2.32. The summed E-state index contributed by atoms with van der Waals surface area (Å²) in [4.78, 5) is 0. The second-order valence-electron chi connectivity index (χ2n) is 5.44. The van der Waals surface area contributed by atoms with Crippen LogP contribution in [0.4, 0.5) is 0 Å². The first-order valence-corrected chi connectivity index (χ1v) is 8.37. The lowest BCUT2D eigenvalue weighted by atomic mass is 9.98. The fourth-order valence-corrected chi connectivity index (χ4v) is 3.57. The predicted molar refractivity (Wildman–Crippen MR) is 83.6 cm³/mol. The minimum atomic E-state index is 0.428. The molecule has 2 rings (SSSR count). The summed E-state index contributed by atoms with van der Waals surface area (Å²) in [6.45, 7) is 8.18. The van der Waals surface area contributed by atoms with Gasteiger partial charge in [0.1, 0.15) is 0 Å². The van der Waals surface area contributed by atoms with Crippen molar-refractivity contribution in [1.29, 1.82) is 0 Å². The van der Waals surface area contributed by atoms with Gasteiger partial charge in [-0.15, -0.1) is 0 Å². The maximum Gasteiger partial charge on any atom is 0.0622 e. The van der Waals surface area contributed by atoms with E-state index in [1.807, 2.05) is 11.8 Å². The monoisotopic (exact) mass is 279 g/mol. The van der Waals surface area contributed by atoms with Gasteiger partial charge in [-0.25, -0.2) is 0 Å². The average Bonchev–Trinajstić information content (AvgIpc) is 2.43. The zero-order valence-electron chi connectivity index (χ0n) is 12.2. The van der Waals surface area contributed by atoms with Gasteiger partial charge >= 0.3 is 0 Å². The number of benzene rings is 1. The molecule has 0 aromatic heterocycles. The lowest BCUT2D eigenvalue weighted by Crippen LogP contribution is -2.42. The molecular weight excluding hydrogens is 254 g/mol. The van der Waals surface area contributed by atoms with Gasteiger partial charge in [-0.05, 0) is 24.0 Å². The van der Waals surface area contributed by atoms with E-state index in [2.05, 4.69) is 50.4 Å². The third-order valence-corrected chi connectivity index (χ3v) is 4.78. The van der Waals surface area contributed by atoms with Crippen LogP contribution in [0.15, 0.2) is 24.3 Å². The Morgan fingerprint density at radius 2 is 2.16 bits per heavy atom. The minimum Gasteiger partial charge on any atom is -0.380 e. The number of hydrogen-bond donors (Lipinski definition) is 1. The topological polar surface area (TPSA) is 21.3 Å². The molecule has 2 unspecified atom stereocenters. The van der Waals surface area contributed by atoms with Crippen molar-refractivity contribution in [2.75, 3.05) is 19.0 Å². The molecule has 106 valence electrons. The highest BCUT2D eigenvalue weighted by atomic mass is 32.2. The van der Waals surface area contributed by atoms with Gasteiger partial charge in [0, 0.05) is 30.2 Å². The summed E-state index contributed by atoms with van der Waals surface area (Å²) in [6, 6.07) is 9.70. The molecule has 0 radical (unpaired) electrons. The van der Waals surface area contributed by atoms with Gasteiger partial charge in [-0.1, -0.05) is 38.1 Å². The molecule has 1 aliphatic rings. The lowest BCUT2D eigenvalue weighted by Gasteiger charge is -2.32. The molecule has 0 aliphatic carbocycles. The van der Waals surface area contributed by atoms with Crippen LogP contribution < -0.4 is 5.32 Å². The number of fused-ring (bicyclic) bond motifs is 1. The highest BCUT2D eigenvalue weighted by molar-refractivity contribution is 7.98. The maximum absolute atomic E-state index is 5.62. The van der Waals surface area contributed by atoms with Crippen molar-refractivity contribution < 1.29 is 4.74 Å². The number of ether oxygens (including phenoxy) is 1. The quantitative estimate of drug-likeness (QED) is 0.859. The van der Waals surface area contributed by atoms with Crippen molar-refractivity contribution in [3.8, 4) is 0 Å². The van der Waals surface area contributed by atoms with Crippen LogP contribution in [0.5, 0.6) is 0 Å². The van der Waals surface area contributed by atoms with E-state index in [9.17, 15) is 0 Å². The summed E-state index contributed by atoms with van der Waals surface area (Å²) in [5, 5.41) is 3.80. The van der Waals surface area contributed by atoms with E-state index in [0.717, 1.165) is 24.7 Å². The molecule has 1 N–H and O–H groups in total. The molecule has 19 heavy (non-hydrogen) atoms. The molecule has 0 saturated carbocycles. The van der Waals surface area contributed by atoms with Crippen LogP contribution in [-0.2, 0) is 10.5 Å². The van der Waals surface area contributed by atoms with Crippen LogP contribution >= 0.6 is 11.8 Å². The largest absolute Gasteiger partial charge is 0.380 e. The highest BCUT2D eigenvalue weighted by Gasteiger charge is 2.24. The zero-order chi connectivity index (χ0) is 13.7. The van der Waals surface area contributed by atoms with E-state index >= 15 is 0 Å². The van der Waals surface area contributed by atoms with Gasteiger partial charge in [0.2, 0.25) is 0 Å². The van der Waals surface area contributed by atoms with Crippen molar-refractivity contribution in [2.24, 2.45) is 5.92 Å². The van der Waals surface area contributed by atoms with Crippen molar-refractivity contribution in [1.82, 2.24) is 5.32 Å². The van der Waals surface area contributed by atoms with Gasteiger partial charge in [0.05, 0.1) is 6.61 Å². The molecule has 0 saturated heterocycles. The fraction of sp³-hybridized carbons (Fsp3) is 0.625. The van der Waals surface area contributed by atoms with Gasteiger partial charge in [0.25, 0.3) is 0 Å². The van der Waals surface area contributed by atoms with Crippen LogP contribution in [0.2, 0.25) is 0 Å². The van der Waals surface area contributed by atoms with E-state index in [1.54, 1.807) is 0 Å². The molecule has 2 nitrogen and oxygen atoms in total. The Hall–Kier alpha value is -0.510. The van der Waals surface area contributed by atoms with Crippen LogP contribution in [0.1, 0.15) is 37.9 Å². The Kier molecular flexibility index (Phi) is 5.74. The number of rotatable bonds is 6. The van der Waals surface area contributed by atoms with E-state index in [1.165, 1.54) is 11.1 Å². The van der Waals surface area contributed by atoms with Crippen LogP contribution in [0.25, 0.3) is 0 Å². The zero-order valence-corrected chi connectivity index (χ0v) is 13.0. The van der Waals surface area contributed by atoms with Gasteiger partial charge in [-0.2, -0.15) is 11.8 Å². The summed E-state index contributed by atoms with van der Waals surface area (Å²) >= 11 is 2.02. The first-order chi connectivity index (χ1) is 9.22. The molecule has 1 aromatic rings. The molecule has 0 fully saturated rings. The van der Waals surface area contributed by atoms with Crippen LogP contribution in [0.3, 0.4) is 0 Å². The van der Waals surface area contributed by atoms with E-state index in [4.69, 9.17) is 4.74 Å². The second kappa shape index (κ2) is 7.32. The first-order valence-electron chi connectivity index (χ1n) is 7.21. The van der Waals surface area contributed by atoms with Gasteiger partial charge in [0.15, 0.2) is 0 Å². The predicted octanol–water partition coefficient (Wildman–Crippen LogP) is 3.63. The average molecular weight is 279 g/mol. The summed E-state index contributed by atoms with van der Waals surface area (Å²) < 4.78 is 5.62. The lowest BCUT2D eigenvalue weighted by molar-refractivity contribution is 0.104. The Labute approximate surface area is 121 Å². The SMILES string of the molecule is CCOCC(NC1CSCc2ccccc21)C(C)C. The third kappa shape index (κ3) is 3.98. The summed E-state index contributed by atoms with van der Waals surface area (Å²) in [5.41, 5.74) is 2.96. The Morgan fingerprint density at radius 3 is 2.89 bits per heavy atom. The third-order valence-electron chi connectivity index (χ3n) is 3.69. The Bertz CT molecular complexity index is 394. The molecule has 0 amide bonds. The number of nitrogens with one attached hydrogen (secondary N) is 1. The first kappa shape index (κ1) is 14.9. The molecule has 1 aliphatic heterocycles. The Morgan fingerprint density at radius 1 is 1.37 bits per heavy atom. The molecule has 0 bridgehead atoms. The normalized spacial score (nSPS) is 20.3. The molecule has 3 heteroatoms. The van der Waals surface area contributed by atoms with Crippen LogP contribution in [-0.4, -0.2) is 25.0 Å². The Balaban J connectivity index is 2.05. The maximum atomic E-state index is 5.62. The molecule has 1 heterocycles. The van der Waals surface area contributed by atoms with Crippen molar-refractivity contribution in [3.63, 3.8) is 0 Å². The van der Waals surface area contributed by atoms with E-state index in [-0.39, 0.29) is 0 Å². The van der Waals surface area contributed by atoms with Crippen molar-refractivity contribution in [2.45, 2.75) is 38.6 Å². The molecule has 2 atom stereocenters. The molecule has 0 spiro atoms. The summed E-state index contributed by atoms with van der Waals surface area (Å²) in [7, 11) is 0. The smallest absolute Gasteiger partial charge is 0.0622 e.